The van der Waals surface area contributed by atoms with E-state index in [9.17, 15) is 0 Å². The number of nitrogens with zero attached hydrogens (tertiary/aromatic N) is 2. The summed E-state index contributed by atoms with van der Waals surface area (Å²) in [5.41, 5.74) is 11.2. The molecule has 4 N–H and O–H groups in total. The van der Waals surface area contributed by atoms with E-state index in [0.717, 1.165) is 24.3 Å². The fourth-order valence-corrected chi connectivity index (χ4v) is 1.39. The summed E-state index contributed by atoms with van der Waals surface area (Å²) in [5, 5.41) is 7.29. The smallest absolute Gasteiger partial charge is 0.211 e. The summed E-state index contributed by atoms with van der Waals surface area (Å²) < 4.78 is 5.63. The maximum Gasteiger partial charge on any atom is 0.211 e. The van der Waals surface area contributed by atoms with Gasteiger partial charge in [-0.25, -0.2) is 0 Å². The minimum atomic E-state index is -0.0572. The number of hydrogen-bond donors (Lipinski definition) is 2. The van der Waals surface area contributed by atoms with Crippen molar-refractivity contribution in [2.75, 3.05) is 6.61 Å². The zero-order valence-electron chi connectivity index (χ0n) is 10.7. The van der Waals surface area contributed by atoms with E-state index in [0.29, 0.717) is 0 Å². The Labute approximate surface area is 108 Å². The highest BCUT2D eigenvalue weighted by Crippen LogP contribution is 2.12. The molecule has 0 aliphatic carbocycles. The molecule has 0 amide bonds. The van der Waals surface area contributed by atoms with Crippen molar-refractivity contribution in [1.82, 2.24) is 0 Å². The minimum Gasteiger partial charge on any atom is -0.494 e. The van der Waals surface area contributed by atoms with Crippen LogP contribution in [0.1, 0.15) is 31.7 Å². The number of hydrogen-bond acceptors (Lipinski definition) is 3. The Morgan fingerprint density at radius 1 is 1.33 bits per heavy atom. The molecule has 0 heterocycles. The molecule has 1 aromatic carbocycles. The number of guanidine groups is 1. The standard InChI is InChI=1S/C13H20N4O/c1-2-3-4-8-18-12-7-5-6-11(9-12)10-16-17-13(14)15/h5-7,9-10H,2-4,8H2,1H3,(H4,14,15,17)/b16-10+. The van der Waals surface area contributed by atoms with Crippen molar-refractivity contribution >= 4 is 12.2 Å². The molecule has 0 radical (unpaired) electrons. The van der Waals surface area contributed by atoms with Gasteiger partial charge in [0.25, 0.3) is 0 Å². The van der Waals surface area contributed by atoms with Crippen molar-refractivity contribution in [2.45, 2.75) is 26.2 Å². The van der Waals surface area contributed by atoms with Gasteiger partial charge in [0.15, 0.2) is 0 Å². The molecule has 0 saturated heterocycles. The molecule has 5 heteroatoms. The van der Waals surface area contributed by atoms with Gasteiger partial charge in [-0.1, -0.05) is 31.9 Å². The monoisotopic (exact) mass is 248 g/mol. The fraction of sp³-hybridized carbons (Fsp3) is 0.385. The highest BCUT2D eigenvalue weighted by Gasteiger charge is 1.95. The molecular weight excluding hydrogens is 228 g/mol. The normalized spacial score (nSPS) is 10.5. The molecule has 0 bridgehead atoms. The largest absolute Gasteiger partial charge is 0.494 e. The van der Waals surface area contributed by atoms with E-state index in [-0.39, 0.29) is 5.96 Å². The lowest BCUT2D eigenvalue weighted by atomic mass is 10.2. The zero-order valence-corrected chi connectivity index (χ0v) is 10.7. The predicted octanol–water partition coefficient (Wildman–Crippen LogP) is 1.86. The van der Waals surface area contributed by atoms with Gasteiger partial charge >= 0.3 is 0 Å². The molecule has 0 aromatic heterocycles. The van der Waals surface area contributed by atoms with Crippen molar-refractivity contribution in [3.63, 3.8) is 0 Å². The Balaban J connectivity index is 2.51. The van der Waals surface area contributed by atoms with E-state index in [4.69, 9.17) is 16.2 Å². The van der Waals surface area contributed by atoms with Gasteiger partial charge in [0, 0.05) is 0 Å². The van der Waals surface area contributed by atoms with Crippen LogP contribution in [-0.4, -0.2) is 18.8 Å². The molecule has 0 unspecified atom stereocenters. The fourth-order valence-electron chi connectivity index (χ4n) is 1.39. The second-order valence-electron chi connectivity index (χ2n) is 3.90. The van der Waals surface area contributed by atoms with E-state index in [1.807, 2.05) is 24.3 Å². The summed E-state index contributed by atoms with van der Waals surface area (Å²) in [6.07, 6.45) is 5.03. The summed E-state index contributed by atoms with van der Waals surface area (Å²) >= 11 is 0. The second kappa shape index (κ2) is 8.11. The maximum absolute atomic E-state index is 5.63. The van der Waals surface area contributed by atoms with Crippen molar-refractivity contribution in [3.8, 4) is 5.75 Å². The average molecular weight is 248 g/mol. The van der Waals surface area contributed by atoms with Crippen molar-refractivity contribution in [3.05, 3.63) is 29.8 Å². The predicted molar refractivity (Wildman–Crippen MR) is 74.9 cm³/mol. The molecular formula is C13H20N4O. The van der Waals surface area contributed by atoms with Gasteiger partial charge in [-0.05, 0) is 24.1 Å². The van der Waals surface area contributed by atoms with E-state index in [2.05, 4.69) is 17.1 Å². The van der Waals surface area contributed by atoms with Gasteiger partial charge < -0.3 is 16.2 Å². The SMILES string of the molecule is CCCCCOc1cccc(/C=N/N=C(N)N)c1. The number of ether oxygens (including phenoxy) is 1. The highest BCUT2D eigenvalue weighted by atomic mass is 16.5. The van der Waals surface area contributed by atoms with Crippen LogP contribution in [0.2, 0.25) is 0 Å². The van der Waals surface area contributed by atoms with Gasteiger partial charge in [-0.2, -0.15) is 5.10 Å². The first-order chi connectivity index (χ1) is 8.72. The zero-order chi connectivity index (χ0) is 13.2. The van der Waals surface area contributed by atoms with Gasteiger partial charge in [0.2, 0.25) is 5.96 Å². The number of rotatable bonds is 7. The Kier molecular flexibility index (Phi) is 6.32. The molecule has 5 nitrogen and oxygen atoms in total. The van der Waals surface area contributed by atoms with Crippen LogP contribution in [-0.2, 0) is 0 Å². The third-order valence-electron chi connectivity index (χ3n) is 2.25. The lowest BCUT2D eigenvalue weighted by Crippen LogP contribution is -2.21. The van der Waals surface area contributed by atoms with Crippen molar-refractivity contribution < 1.29 is 4.74 Å². The molecule has 18 heavy (non-hydrogen) atoms. The lowest BCUT2D eigenvalue weighted by molar-refractivity contribution is 0.306. The summed E-state index contributed by atoms with van der Waals surface area (Å²) in [4.78, 5) is 0. The van der Waals surface area contributed by atoms with Gasteiger partial charge in [-0.15, -0.1) is 5.10 Å². The lowest BCUT2D eigenvalue weighted by Gasteiger charge is -2.05. The molecule has 1 rings (SSSR count). The summed E-state index contributed by atoms with van der Waals surface area (Å²) in [5.74, 6) is 0.776. The van der Waals surface area contributed by atoms with E-state index in [1.165, 1.54) is 12.8 Å². The minimum absolute atomic E-state index is 0.0572. The summed E-state index contributed by atoms with van der Waals surface area (Å²) in [6.45, 7) is 2.91. The molecule has 0 atom stereocenters. The number of nitrogens with two attached hydrogens (primary N) is 2. The first-order valence-electron chi connectivity index (χ1n) is 6.07. The van der Waals surface area contributed by atoms with Crippen LogP contribution in [0.25, 0.3) is 0 Å². The molecule has 0 aliphatic rings. The Morgan fingerprint density at radius 3 is 2.89 bits per heavy atom. The highest BCUT2D eigenvalue weighted by molar-refractivity contribution is 5.81. The van der Waals surface area contributed by atoms with Crippen LogP contribution in [0, 0.1) is 0 Å². The van der Waals surface area contributed by atoms with Gasteiger partial charge in [0.1, 0.15) is 5.75 Å². The molecule has 98 valence electrons. The summed E-state index contributed by atoms with van der Waals surface area (Å²) in [7, 11) is 0. The van der Waals surface area contributed by atoms with E-state index in [1.54, 1.807) is 6.21 Å². The van der Waals surface area contributed by atoms with Gasteiger partial charge in [0.05, 0.1) is 12.8 Å². The molecule has 0 spiro atoms. The summed E-state index contributed by atoms with van der Waals surface area (Å²) in [6, 6.07) is 7.64. The van der Waals surface area contributed by atoms with Crippen LogP contribution in [0.5, 0.6) is 5.75 Å². The van der Waals surface area contributed by atoms with E-state index >= 15 is 0 Å². The van der Waals surface area contributed by atoms with Crippen LogP contribution in [0.15, 0.2) is 34.5 Å². The van der Waals surface area contributed by atoms with Crippen LogP contribution < -0.4 is 16.2 Å². The van der Waals surface area contributed by atoms with E-state index < -0.39 is 0 Å². The Hall–Kier alpha value is -2.04. The molecule has 0 saturated carbocycles. The number of unbranched alkanes of at least 4 members (excludes halogenated alkanes) is 2. The third kappa shape index (κ3) is 5.89. The quantitative estimate of drug-likeness (QED) is 0.334. The number of benzene rings is 1. The van der Waals surface area contributed by atoms with Gasteiger partial charge in [-0.3, -0.25) is 0 Å². The molecule has 0 aliphatic heterocycles. The van der Waals surface area contributed by atoms with Crippen LogP contribution in [0.4, 0.5) is 0 Å². The first kappa shape index (κ1) is 14.0. The Bertz CT molecular complexity index is 411. The second-order valence-corrected chi connectivity index (χ2v) is 3.90. The average Bonchev–Trinajstić information content (AvgIpc) is 2.35. The Morgan fingerprint density at radius 2 is 2.17 bits per heavy atom. The molecule has 0 fully saturated rings. The topological polar surface area (TPSA) is 86.0 Å². The molecule has 1 aromatic rings. The van der Waals surface area contributed by atoms with Crippen molar-refractivity contribution in [2.24, 2.45) is 21.7 Å². The third-order valence-corrected chi connectivity index (χ3v) is 2.25. The first-order valence-corrected chi connectivity index (χ1v) is 6.07. The maximum atomic E-state index is 5.63. The van der Waals surface area contributed by atoms with Crippen LogP contribution in [0.3, 0.4) is 0 Å². The van der Waals surface area contributed by atoms with Crippen LogP contribution >= 0.6 is 0 Å². The van der Waals surface area contributed by atoms with Crippen molar-refractivity contribution in [1.29, 1.82) is 0 Å².